The van der Waals surface area contributed by atoms with Crippen LogP contribution >= 0.6 is 0 Å². The molecule has 0 aliphatic heterocycles. The van der Waals surface area contributed by atoms with Crippen molar-refractivity contribution in [2.24, 2.45) is 5.73 Å². The van der Waals surface area contributed by atoms with Gasteiger partial charge in [-0.1, -0.05) is 6.92 Å². The van der Waals surface area contributed by atoms with Gasteiger partial charge in [0.2, 0.25) is 0 Å². The summed E-state index contributed by atoms with van der Waals surface area (Å²) in [7, 11) is 0. The molecule has 0 saturated carbocycles. The molecule has 0 aromatic rings. The number of nitrogens with one attached hydrogen (secondary N) is 2. The van der Waals surface area contributed by atoms with Crippen LogP contribution in [0, 0.1) is 22.7 Å². The monoisotopic (exact) mass is 193 g/mol. The summed E-state index contributed by atoms with van der Waals surface area (Å²) < 4.78 is 0. The summed E-state index contributed by atoms with van der Waals surface area (Å²) in [5, 5.41) is 21.5. The van der Waals surface area contributed by atoms with Gasteiger partial charge in [0.15, 0.2) is 5.70 Å². The van der Waals surface area contributed by atoms with E-state index in [1.165, 1.54) is 0 Å². The molecule has 6 nitrogen and oxygen atoms in total. The first-order chi connectivity index (χ1) is 6.65. The van der Waals surface area contributed by atoms with E-state index in [0.29, 0.717) is 6.54 Å². The molecular formula is C8H11N5O. The van der Waals surface area contributed by atoms with E-state index in [1.807, 2.05) is 6.92 Å². The summed E-state index contributed by atoms with van der Waals surface area (Å²) in [6, 6.07) is 2.65. The molecule has 0 radical (unpaired) electrons. The highest BCUT2D eigenvalue weighted by atomic mass is 16.2. The smallest absolute Gasteiger partial charge is 0.319 e. The standard InChI is InChI=1S/C8H11N5O/c1-2-3-12-8(14)13-7(5-10)6(11)4-9/h2-3,11H2,1H3,(H2,12,13,14)/b7-6-. The van der Waals surface area contributed by atoms with Gasteiger partial charge in [-0.2, -0.15) is 10.5 Å². The van der Waals surface area contributed by atoms with E-state index >= 15 is 0 Å². The lowest BCUT2D eigenvalue weighted by Crippen LogP contribution is -2.36. The van der Waals surface area contributed by atoms with Crippen LogP contribution < -0.4 is 16.4 Å². The highest BCUT2D eigenvalue weighted by molar-refractivity contribution is 5.77. The predicted molar refractivity (Wildman–Crippen MR) is 49.3 cm³/mol. The molecule has 14 heavy (non-hydrogen) atoms. The SMILES string of the molecule is CCCNC(=O)N/C(C#N)=C(\N)C#N. The van der Waals surface area contributed by atoms with Gasteiger partial charge in [-0.05, 0) is 6.42 Å². The molecule has 0 unspecified atom stereocenters. The second-order valence-electron chi connectivity index (χ2n) is 2.39. The fourth-order valence-corrected chi connectivity index (χ4v) is 0.608. The second kappa shape index (κ2) is 6.32. The zero-order valence-electron chi connectivity index (χ0n) is 7.79. The molecule has 0 aliphatic rings. The van der Waals surface area contributed by atoms with E-state index in [2.05, 4.69) is 10.6 Å². The molecule has 0 fully saturated rings. The van der Waals surface area contributed by atoms with Crippen LogP contribution in [0.3, 0.4) is 0 Å². The van der Waals surface area contributed by atoms with Crippen LogP contribution in [-0.2, 0) is 0 Å². The number of urea groups is 1. The Labute approximate surface area is 82.0 Å². The van der Waals surface area contributed by atoms with Gasteiger partial charge >= 0.3 is 6.03 Å². The van der Waals surface area contributed by atoms with Crippen molar-refractivity contribution in [3.05, 3.63) is 11.4 Å². The van der Waals surface area contributed by atoms with Crippen molar-refractivity contribution < 1.29 is 4.79 Å². The molecule has 0 aromatic carbocycles. The van der Waals surface area contributed by atoms with Crippen molar-refractivity contribution in [1.82, 2.24) is 10.6 Å². The molecule has 0 heterocycles. The topological polar surface area (TPSA) is 115 Å². The van der Waals surface area contributed by atoms with Gasteiger partial charge in [0, 0.05) is 6.54 Å². The Balaban J connectivity index is 4.31. The van der Waals surface area contributed by atoms with Crippen molar-refractivity contribution in [3.8, 4) is 12.1 Å². The van der Waals surface area contributed by atoms with Crippen molar-refractivity contribution >= 4 is 6.03 Å². The van der Waals surface area contributed by atoms with Crippen LogP contribution in [0.2, 0.25) is 0 Å². The Morgan fingerprint density at radius 2 is 2.07 bits per heavy atom. The molecule has 2 amide bonds. The molecule has 74 valence electrons. The van der Waals surface area contributed by atoms with Gasteiger partial charge in [0.05, 0.1) is 0 Å². The van der Waals surface area contributed by atoms with Crippen LogP contribution in [-0.4, -0.2) is 12.6 Å². The highest BCUT2D eigenvalue weighted by Crippen LogP contribution is 1.90. The first-order valence-corrected chi connectivity index (χ1v) is 4.00. The Hall–Kier alpha value is -2.21. The third kappa shape index (κ3) is 3.98. The first kappa shape index (κ1) is 11.8. The lowest BCUT2D eigenvalue weighted by molar-refractivity contribution is 0.243. The molecule has 0 bridgehead atoms. The molecule has 4 N–H and O–H groups in total. The van der Waals surface area contributed by atoms with Crippen molar-refractivity contribution in [2.75, 3.05) is 6.54 Å². The summed E-state index contributed by atoms with van der Waals surface area (Å²) in [4.78, 5) is 11.0. The number of nitriles is 2. The van der Waals surface area contributed by atoms with Crippen molar-refractivity contribution in [2.45, 2.75) is 13.3 Å². The Morgan fingerprint density at radius 1 is 1.43 bits per heavy atom. The molecule has 0 aromatic heterocycles. The van der Waals surface area contributed by atoms with Crippen molar-refractivity contribution in [3.63, 3.8) is 0 Å². The number of amides is 2. The average molecular weight is 193 g/mol. The van der Waals surface area contributed by atoms with Gasteiger partial charge < -0.3 is 11.1 Å². The minimum Gasteiger partial charge on any atom is -0.388 e. The predicted octanol–water partition coefficient (Wildman–Crippen LogP) is -0.0869. The quantitative estimate of drug-likeness (QED) is 0.543. The van der Waals surface area contributed by atoms with E-state index in [4.69, 9.17) is 16.3 Å². The number of carbonyl (C=O) groups is 1. The maximum Gasteiger partial charge on any atom is 0.319 e. The fourth-order valence-electron chi connectivity index (χ4n) is 0.608. The van der Waals surface area contributed by atoms with E-state index in [0.717, 1.165) is 6.42 Å². The minimum absolute atomic E-state index is 0.235. The lowest BCUT2D eigenvalue weighted by Gasteiger charge is -2.04. The van der Waals surface area contributed by atoms with Crippen LogP contribution in [0.25, 0.3) is 0 Å². The molecule has 0 rings (SSSR count). The molecular weight excluding hydrogens is 182 g/mol. The number of hydrogen-bond acceptors (Lipinski definition) is 4. The van der Waals surface area contributed by atoms with E-state index < -0.39 is 6.03 Å². The number of rotatable bonds is 3. The maximum absolute atomic E-state index is 11.0. The summed E-state index contributed by atoms with van der Waals surface area (Å²) in [5.74, 6) is 0. The number of nitrogens with zero attached hydrogens (tertiary/aromatic N) is 2. The van der Waals surface area contributed by atoms with Crippen LogP contribution in [0.1, 0.15) is 13.3 Å². The number of allylic oxidation sites excluding steroid dienone is 2. The van der Waals surface area contributed by atoms with E-state index in [-0.39, 0.29) is 11.4 Å². The highest BCUT2D eigenvalue weighted by Gasteiger charge is 2.06. The average Bonchev–Trinajstić information content (AvgIpc) is 2.21. The normalized spacial score (nSPS) is 10.5. The summed E-state index contributed by atoms with van der Waals surface area (Å²) in [5.41, 5.74) is 4.62. The van der Waals surface area contributed by atoms with Crippen LogP contribution in [0.5, 0.6) is 0 Å². The third-order valence-corrected chi connectivity index (χ3v) is 1.28. The van der Waals surface area contributed by atoms with Crippen molar-refractivity contribution in [1.29, 1.82) is 10.5 Å². The zero-order chi connectivity index (χ0) is 11.0. The first-order valence-electron chi connectivity index (χ1n) is 4.00. The number of hydrogen-bond donors (Lipinski definition) is 3. The lowest BCUT2D eigenvalue weighted by atomic mass is 10.4. The second-order valence-corrected chi connectivity index (χ2v) is 2.39. The summed E-state index contributed by atoms with van der Waals surface area (Å²) in [6.45, 7) is 2.39. The Morgan fingerprint density at radius 3 is 2.50 bits per heavy atom. The Kier molecular flexibility index (Phi) is 5.32. The number of nitrogens with two attached hydrogens (primary N) is 1. The molecule has 0 spiro atoms. The molecule has 0 saturated heterocycles. The van der Waals surface area contributed by atoms with E-state index in [9.17, 15) is 4.79 Å². The van der Waals surface area contributed by atoms with Crippen LogP contribution in [0.15, 0.2) is 11.4 Å². The number of carbonyl (C=O) groups excluding carboxylic acids is 1. The summed E-state index contributed by atoms with van der Waals surface area (Å²) in [6.07, 6.45) is 0.784. The van der Waals surface area contributed by atoms with Gasteiger partial charge in [-0.3, -0.25) is 5.32 Å². The molecule has 0 aliphatic carbocycles. The third-order valence-electron chi connectivity index (χ3n) is 1.28. The van der Waals surface area contributed by atoms with Crippen LogP contribution in [0.4, 0.5) is 4.79 Å². The van der Waals surface area contributed by atoms with Gasteiger partial charge in [-0.15, -0.1) is 0 Å². The minimum atomic E-state index is -0.540. The van der Waals surface area contributed by atoms with Gasteiger partial charge in [0.25, 0.3) is 0 Å². The molecule has 6 heteroatoms. The van der Waals surface area contributed by atoms with Gasteiger partial charge in [0.1, 0.15) is 17.8 Å². The summed E-state index contributed by atoms with van der Waals surface area (Å²) >= 11 is 0. The maximum atomic E-state index is 11.0. The Bertz CT molecular complexity index is 320. The van der Waals surface area contributed by atoms with E-state index in [1.54, 1.807) is 12.1 Å². The fraction of sp³-hybridized carbons (Fsp3) is 0.375. The van der Waals surface area contributed by atoms with Gasteiger partial charge in [-0.25, -0.2) is 4.79 Å². The zero-order valence-corrected chi connectivity index (χ0v) is 7.79. The largest absolute Gasteiger partial charge is 0.388 e. The molecule has 0 atom stereocenters.